The summed E-state index contributed by atoms with van der Waals surface area (Å²) in [6.07, 6.45) is 0.0767. The smallest absolute Gasteiger partial charge is 0.254 e. The van der Waals surface area contributed by atoms with Gasteiger partial charge in [0, 0.05) is 18.3 Å². The molecule has 0 unspecified atom stereocenters. The summed E-state index contributed by atoms with van der Waals surface area (Å²) in [6.45, 7) is 7.76. The van der Waals surface area contributed by atoms with Crippen molar-refractivity contribution in [2.24, 2.45) is 0 Å². The van der Waals surface area contributed by atoms with Gasteiger partial charge in [-0.1, -0.05) is 18.2 Å². The number of hydrogen-bond donors (Lipinski definition) is 1. The highest BCUT2D eigenvalue weighted by atomic mass is 16.5. The number of nitrogens with one attached hydrogen (secondary N) is 1. The summed E-state index contributed by atoms with van der Waals surface area (Å²) >= 11 is 0. The molecule has 0 atom stereocenters. The minimum absolute atomic E-state index is 0.0170. The van der Waals surface area contributed by atoms with Crippen LogP contribution in [-0.4, -0.2) is 36.4 Å². The molecule has 0 fully saturated rings. The van der Waals surface area contributed by atoms with E-state index in [4.69, 9.17) is 4.74 Å². The Balaban J connectivity index is 1.99. The monoisotopic (exact) mass is 354 g/mol. The summed E-state index contributed by atoms with van der Waals surface area (Å²) in [5.74, 6) is 0.280. The normalized spacial score (nSPS) is 10.5. The third-order valence-electron chi connectivity index (χ3n) is 3.95. The van der Waals surface area contributed by atoms with Gasteiger partial charge in [-0.15, -0.1) is 0 Å². The van der Waals surface area contributed by atoms with Crippen molar-refractivity contribution in [3.8, 4) is 5.75 Å². The molecule has 0 spiro atoms. The lowest BCUT2D eigenvalue weighted by molar-refractivity contribution is -0.116. The molecule has 5 heteroatoms. The molecule has 0 aromatic heterocycles. The van der Waals surface area contributed by atoms with Crippen molar-refractivity contribution in [3.05, 3.63) is 59.2 Å². The number of amides is 2. The van der Waals surface area contributed by atoms with Crippen molar-refractivity contribution in [1.29, 1.82) is 0 Å². The quantitative estimate of drug-likeness (QED) is 0.858. The fraction of sp³-hybridized carbons (Fsp3) is 0.333. The molecule has 0 heterocycles. The number of aryl methyl sites for hydroxylation is 2. The van der Waals surface area contributed by atoms with Crippen molar-refractivity contribution in [3.63, 3.8) is 0 Å². The van der Waals surface area contributed by atoms with Crippen LogP contribution in [0, 0.1) is 13.8 Å². The molecule has 138 valence electrons. The molecular weight excluding hydrogens is 328 g/mol. The number of hydrogen-bond acceptors (Lipinski definition) is 3. The highest BCUT2D eigenvalue weighted by molar-refractivity contribution is 5.99. The third-order valence-corrected chi connectivity index (χ3v) is 3.95. The van der Waals surface area contributed by atoms with Crippen molar-refractivity contribution >= 4 is 17.5 Å². The van der Waals surface area contributed by atoms with E-state index in [1.54, 1.807) is 31.3 Å². The number of carbonyl (C=O) groups excluding carboxylic acids is 2. The first kappa shape index (κ1) is 19.5. The van der Waals surface area contributed by atoms with Crippen LogP contribution in [0.1, 0.15) is 35.3 Å². The van der Waals surface area contributed by atoms with Gasteiger partial charge >= 0.3 is 0 Å². The van der Waals surface area contributed by atoms with Gasteiger partial charge in [0.1, 0.15) is 5.75 Å². The summed E-state index contributed by atoms with van der Waals surface area (Å²) in [7, 11) is 1.62. The van der Waals surface area contributed by atoms with Gasteiger partial charge in [-0.3, -0.25) is 9.59 Å². The molecule has 0 bridgehead atoms. The molecule has 0 saturated carbocycles. The summed E-state index contributed by atoms with van der Waals surface area (Å²) in [4.78, 5) is 26.2. The lowest BCUT2D eigenvalue weighted by Crippen LogP contribution is -2.35. The number of likely N-dealkylation sites (N-methyl/N-ethyl adjacent to an activating group) is 1. The van der Waals surface area contributed by atoms with Crippen LogP contribution >= 0.6 is 0 Å². The number of anilines is 1. The Kier molecular flexibility index (Phi) is 6.39. The summed E-state index contributed by atoms with van der Waals surface area (Å²) in [6, 6.07) is 12.8. The van der Waals surface area contributed by atoms with Gasteiger partial charge in [-0.05, 0) is 63.1 Å². The fourth-order valence-electron chi connectivity index (χ4n) is 2.65. The number of nitrogens with zero attached hydrogens (tertiary/aromatic N) is 1. The number of rotatable bonds is 6. The van der Waals surface area contributed by atoms with Crippen molar-refractivity contribution in [1.82, 2.24) is 4.90 Å². The van der Waals surface area contributed by atoms with Gasteiger partial charge in [0.2, 0.25) is 5.91 Å². The van der Waals surface area contributed by atoms with Crippen LogP contribution in [0.25, 0.3) is 0 Å². The molecule has 5 nitrogen and oxygen atoms in total. The van der Waals surface area contributed by atoms with Crippen LogP contribution in [0.5, 0.6) is 5.75 Å². The zero-order valence-electron chi connectivity index (χ0n) is 16.0. The maximum Gasteiger partial charge on any atom is 0.254 e. The SMILES string of the molecule is Cc1cccc(C)c1NC(=O)CN(C)C(=O)c1ccc(OC(C)C)cc1. The molecule has 26 heavy (non-hydrogen) atoms. The molecule has 0 aliphatic rings. The topological polar surface area (TPSA) is 58.6 Å². The Hall–Kier alpha value is -2.82. The van der Waals surface area contributed by atoms with E-state index < -0.39 is 0 Å². The second kappa shape index (κ2) is 8.52. The Morgan fingerprint density at radius 1 is 1.04 bits per heavy atom. The van der Waals surface area contributed by atoms with Crippen LogP contribution in [0.15, 0.2) is 42.5 Å². The van der Waals surface area contributed by atoms with E-state index in [1.165, 1.54) is 4.90 Å². The average Bonchev–Trinajstić information content (AvgIpc) is 2.58. The summed E-state index contributed by atoms with van der Waals surface area (Å²) in [5, 5.41) is 2.89. The van der Waals surface area contributed by atoms with Crippen molar-refractivity contribution < 1.29 is 14.3 Å². The average molecular weight is 354 g/mol. The highest BCUT2D eigenvalue weighted by Gasteiger charge is 2.16. The number of carbonyl (C=O) groups is 2. The van der Waals surface area contributed by atoms with Gasteiger partial charge in [-0.25, -0.2) is 0 Å². The molecule has 0 saturated heterocycles. The largest absolute Gasteiger partial charge is 0.491 e. The lowest BCUT2D eigenvalue weighted by Gasteiger charge is -2.18. The molecular formula is C21H26N2O3. The van der Waals surface area contributed by atoms with Gasteiger partial charge in [0.05, 0.1) is 12.6 Å². The van der Waals surface area contributed by atoms with Gasteiger partial charge in [0.15, 0.2) is 0 Å². The van der Waals surface area contributed by atoms with Crippen LogP contribution in [-0.2, 0) is 4.79 Å². The van der Waals surface area contributed by atoms with Gasteiger partial charge in [-0.2, -0.15) is 0 Å². The standard InChI is InChI=1S/C21H26N2O3/c1-14(2)26-18-11-9-17(10-12-18)21(25)23(5)13-19(24)22-20-15(3)7-6-8-16(20)4/h6-12,14H,13H2,1-5H3,(H,22,24). The first-order valence-electron chi connectivity index (χ1n) is 8.66. The van der Waals surface area contributed by atoms with Gasteiger partial charge in [0.25, 0.3) is 5.91 Å². The van der Waals surface area contributed by atoms with E-state index in [2.05, 4.69) is 5.32 Å². The van der Waals surface area contributed by atoms with E-state index in [1.807, 2.05) is 45.9 Å². The minimum atomic E-state index is -0.224. The van der Waals surface area contributed by atoms with Crippen molar-refractivity contribution in [2.75, 3.05) is 18.9 Å². The molecule has 0 aliphatic carbocycles. The van der Waals surface area contributed by atoms with E-state index in [9.17, 15) is 9.59 Å². The first-order chi connectivity index (χ1) is 12.3. The van der Waals surface area contributed by atoms with Crippen LogP contribution in [0.4, 0.5) is 5.69 Å². The van der Waals surface area contributed by atoms with Crippen molar-refractivity contribution in [2.45, 2.75) is 33.8 Å². The number of ether oxygens (including phenoxy) is 1. The van der Waals surface area contributed by atoms with E-state index >= 15 is 0 Å². The van der Waals surface area contributed by atoms with Gasteiger partial charge < -0.3 is 15.0 Å². The zero-order valence-corrected chi connectivity index (χ0v) is 16.0. The minimum Gasteiger partial charge on any atom is -0.491 e. The van der Waals surface area contributed by atoms with E-state index in [-0.39, 0.29) is 24.5 Å². The molecule has 0 radical (unpaired) electrons. The van der Waals surface area contributed by atoms with Crippen LogP contribution < -0.4 is 10.1 Å². The van der Waals surface area contributed by atoms with E-state index in [0.717, 1.165) is 16.8 Å². The molecule has 2 aromatic rings. The summed E-state index contributed by atoms with van der Waals surface area (Å²) in [5.41, 5.74) is 3.30. The molecule has 2 aromatic carbocycles. The predicted octanol–water partition coefficient (Wildman–Crippen LogP) is 3.80. The van der Waals surface area contributed by atoms with E-state index in [0.29, 0.717) is 11.3 Å². The number of benzene rings is 2. The van der Waals surface area contributed by atoms with Crippen LogP contribution in [0.3, 0.4) is 0 Å². The first-order valence-corrected chi connectivity index (χ1v) is 8.66. The predicted molar refractivity (Wildman–Crippen MR) is 104 cm³/mol. The Morgan fingerprint density at radius 2 is 1.62 bits per heavy atom. The second-order valence-corrected chi connectivity index (χ2v) is 6.67. The molecule has 0 aliphatic heterocycles. The maximum atomic E-state index is 12.5. The Labute approximate surface area is 155 Å². The second-order valence-electron chi connectivity index (χ2n) is 6.67. The zero-order chi connectivity index (χ0) is 19.3. The molecule has 1 N–H and O–H groups in total. The molecule has 2 amide bonds. The highest BCUT2D eigenvalue weighted by Crippen LogP contribution is 2.19. The van der Waals surface area contributed by atoms with Crippen LogP contribution in [0.2, 0.25) is 0 Å². The fourth-order valence-corrected chi connectivity index (χ4v) is 2.65. The third kappa shape index (κ3) is 5.09. The molecule has 2 rings (SSSR count). The number of para-hydroxylation sites is 1. The lowest BCUT2D eigenvalue weighted by atomic mass is 10.1. The maximum absolute atomic E-state index is 12.5. The Bertz CT molecular complexity index is 762. The Morgan fingerprint density at radius 3 is 2.15 bits per heavy atom. The summed E-state index contributed by atoms with van der Waals surface area (Å²) < 4.78 is 5.57.